The molecule has 1 N–H and O–H groups in total. The fraction of sp³-hybridized carbons (Fsp3) is 0.500. The van der Waals surface area contributed by atoms with Crippen molar-refractivity contribution in [2.75, 3.05) is 0 Å². The quantitative estimate of drug-likeness (QED) is 0.697. The second-order valence-electron chi connectivity index (χ2n) is 4.28. The normalized spacial score (nSPS) is 31.8. The molecule has 0 amide bonds. The average Bonchev–Trinajstić information content (AvgIpc) is 2.67. The molecule has 0 aliphatic heterocycles. The third-order valence-electron chi connectivity index (χ3n) is 3.34. The van der Waals surface area contributed by atoms with Crippen molar-refractivity contribution < 1.29 is 5.11 Å². The lowest BCUT2D eigenvalue weighted by Crippen LogP contribution is -2.10. The van der Waals surface area contributed by atoms with Gasteiger partial charge in [-0.1, -0.05) is 25.1 Å². The van der Waals surface area contributed by atoms with Crippen molar-refractivity contribution in [3.8, 4) is 0 Å². The number of aryl methyl sites for hydroxylation is 1. The molecule has 1 heteroatoms. The minimum Gasteiger partial charge on any atom is -0.385 e. The van der Waals surface area contributed by atoms with Crippen LogP contribution in [0.15, 0.2) is 18.2 Å². The van der Waals surface area contributed by atoms with Crippen LogP contribution in [0, 0.1) is 19.8 Å². The summed E-state index contributed by atoms with van der Waals surface area (Å²) in [5.41, 5.74) is 3.12. The molecule has 0 saturated heterocycles. The Morgan fingerprint density at radius 1 is 1.38 bits per heavy atom. The molecule has 1 aliphatic rings. The standard InChI is InChI=1S/C12H16O/c1-8-5-4-6-11(10(8)3)12(13)7-9(12)2/h4-6,9,13H,7H2,1-3H3. The maximum absolute atomic E-state index is 10.2. The van der Waals surface area contributed by atoms with Crippen LogP contribution in [0.25, 0.3) is 0 Å². The summed E-state index contributed by atoms with van der Waals surface area (Å²) in [6, 6.07) is 6.17. The first-order chi connectivity index (χ1) is 6.05. The van der Waals surface area contributed by atoms with Crippen molar-refractivity contribution in [1.82, 2.24) is 0 Å². The van der Waals surface area contributed by atoms with Gasteiger partial charge in [0.05, 0.1) is 5.60 Å². The van der Waals surface area contributed by atoms with Crippen LogP contribution in [0.3, 0.4) is 0 Å². The van der Waals surface area contributed by atoms with Crippen LogP contribution in [0.5, 0.6) is 0 Å². The van der Waals surface area contributed by atoms with Gasteiger partial charge < -0.3 is 5.11 Å². The van der Waals surface area contributed by atoms with E-state index in [0.717, 1.165) is 12.0 Å². The van der Waals surface area contributed by atoms with E-state index in [-0.39, 0.29) is 0 Å². The highest BCUT2D eigenvalue weighted by Crippen LogP contribution is 2.52. The lowest BCUT2D eigenvalue weighted by atomic mass is 9.96. The van der Waals surface area contributed by atoms with Gasteiger partial charge in [0.25, 0.3) is 0 Å². The van der Waals surface area contributed by atoms with Gasteiger partial charge in [0.2, 0.25) is 0 Å². The molecule has 2 rings (SSSR count). The lowest BCUT2D eigenvalue weighted by Gasteiger charge is -2.14. The van der Waals surface area contributed by atoms with Gasteiger partial charge in [0.1, 0.15) is 0 Å². The first-order valence-electron chi connectivity index (χ1n) is 4.85. The molecule has 0 radical (unpaired) electrons. The van der Waals surface area contributed by atoms with Crippen molar-refractivity contribution in [1.29, 1.82) is 0 Å². The zero-order chi connectivity index (χ0) is 9.64. The molecule has 0 aromatic heterocycles. The molecule has 1 nitrogen and oxygen atoms in total. The fourth-order valence-electron chi connectivity index (χ4n) is 2.00. The molecule has 1 aliphatic carbocycles. The van der Waals surface area contributed by atoms with E-state index in [1.165, 1.54) is 11.1 Å². The molecule has 2 atom stereocenters. The van der Waals surface area contributed by atoms with E-state index in [9.17, 15) is 5.11 Å². The predicted molar refractivity (Wildman–Crippen MR) is 53.6 cm³/mol. The maximum Gasteiger partial charge on any atom is 0.0929 e. The highest BCUT2D eigenvalue weighted by molar-refractivity contribution is 5.40. The molecule has 1 aromatic rings. The lowest BCUT2D eigenvalue weighted by molar-refractivity contribution is 0.134. The Kier molecular flexibility index (Phi) is 1.74. The van der Waals surface area contributed by atoms with Crippen LogP contribution in [0.1, 0.15) is 30.0 Å². The molecule has 0 heterocycles. The molecular weight excluding hydrogens is 160 g/mol. The SMILES string of the molecule is Cc1cccc(C2(O)CC2C)c1C. The molecule has 13 heavy (non-hydrogen) atoms. The van der Waals surface area contributed by atoms with E-state index in [1.807, 2.05) is 12.1 Å². The summed E-state index contributed by atoms with van der Waals surface area (Å²) in [5.74, 6) is 0.424. The van der Waals surface area contributed by atoms with Gasteiger partial charge in [0.15, 0.2) is 0 Å². The first kappa shape index (κ1) is 8.76. The number of aliphatic hydroxyl groups is 1. The molecule has 2 unspecified atom stereocenters. The third kappa shape index (κ3) is 1.19. The van der Waals surface area contributed by atoms with Crippen molar-refractivity contribution in [3.63, 3.8) is 0 Å². The van der Waals surface area contributed by atoms with E-state index in [1.54, 1.807) is 0 Å². The van der Waals surface area contributed by atoms with Gasteiger partial charge in [-0.05, 0) is 42.9 Å². The number of benzene rings is 1. The van der Waals surface area contributed by atoms with Crippen molar-refractivity contribution in [2.24, 2.45) is 5.92 Å². The summed E-state index contributed by atoms with van der Waals surface area (Å²) in [6.45, 7) is 6.28. The first-order valence-corrected chi connectivity index (χ1v) is 4.85. The summed E-state index contributed by atoms with van der Waals surface area (Å²) in [5, 5.41) is 10.2. The zero-order valence-corrected chi connectivity index (χ0v) is 8.46. The second-order valence-corrected chi connectivity index (χ2v) is 4.28. The molecule has 1 saturated carbocycles. The van der Waals surface area contributed by atoms with Crippen molar-refractivity contribution in [2.45, 2.75) is 32.8 Å². The molecule has 1 fully saturated rings. The second kappa shape index (κ2) is 2.58. The summed E-state index contributed by atoms with van der Waals surface area (Å²) in [7, 11) is 0. The number of hydrogen-bond donors (Lipinski definition) is 1. The van der Waals surface area contributed by atoms with E-state index >= 15 is 0 Å². The molecule has 0 spiro atoms. The highest BCUT2D eigenvalue weighted by Gasteiger charge is 2.51. The van der Waals surface area contributed by atoms with Gasteiger partial charge in [-0.3, -0.25) is 0 Å². The van der Waals surface area contributed by atoms with Crippen molar-refractivity contribution >= 4 is 0 Å². The summed E-state index contributed by atoms with van der Waals surface area (Å²) in [6.07, 6.45) is 0.914. The highest BCUT2D eigenvalue weighted by atomic mass is 16.3. The Hall–Kier alpha value is -0.820. The van der Waals surface area contributed by atoms with E-state index in [0.29, 0.717) is 5.92 Å². The monoisotopic (exact) mass is 176 g/mol. The van der Waals surface area contributed by atoms with Crippen LogP contribution in [-0.2, 0) is 5.60 Å². The Morgan fingerprint density at radius 3 is 2.54 bits per heavy atom. The van der Waals surface area contributed by atoms with Gasteiger partial charge >= 0.3 is 0 Å². The Labute approximate surface area is 79.4 Å². The van der Waals surface area contributed by atoms with Gasteiger partial charge in [-0.15, -0.1) is 0 Å². The molecule has 1 aromatic carbocycles. The van der Waals surface area contributed by atoms with Crippen LogP contribution in [-0.4, -0.2) is 5.11 Å². The third-order valence-corrected chi connectivity index (χ3v) is 3.34. The van der Waals surface area contributed by atoms with Crippen molar-refractivity contribution in [3.05, 3.63) is 34.9 Å². The van der Waals surface area contributed by atoms with E-state index in [2.05, 4.69) is 26.8 Å². The maximum atomic E-state index is 10.2. The Morgan fingerprint density at radius 2 is 2.00 bits per heavy atom. The van der Waals surface area contributed by atoms with Crippen LogP contribution < -0.4 is 0 Å². The molecular formula is C12H16O. The minimum atomic E-state index is -0.518. The van der Waals surface area contributed by atoms with Crippen LogP contribution in [0.2, 0.25) is 0 Å². The minimum absolute atomic E-state index is 0.424. The Balaban J connectivity index is 2.47. The molecule has 0 bridgehead atoms. The summed E-state index contributed by atoms with van der Waals surface area (Å²) < 4.78 is 0. The average molecular weight is 176 g/mol. The Bertz CT molecular complexity index is 343. The van der Waals surface area contributed by atoms with Gasteiger partial charge in [0, 0.05) is 0 Å². The smallest absolute Gasteiger partial charge is 0.0929 e. The largest absolute Gasteiger partial charge is 0.385 e. The summed E-state index contributed by atoms with van der Waals surface area (Å²) >= 11 is 0. The van der Waals surface area contributed by atoms with Gasteiger partial charge in [-0.25, -0.2) is 0 Å². The van der Waals surface area contributed by atoms with E-state index in [4.69, 9.17) is 0 Å². The zero-order valence-electron chi connectivity index (χ0n) is 8.46. The van der Waals surface area contributed by atoms with Crippen LogP contribution in [0.4, 0.5) is 0 Å². The fourth-order valence-corrected chi connectivity index (χ4v) is 2.00. The van der Waals surface area contributed by atoms with Gasteiger partial charge in [-0.2, -0.15) is 0 Å². The topological polar surface area (TPSA) is 20.2 Å². The number of hydrogen-bond acceptors (Lipinski definition) is 1. The number of rotatable bonds is 1. The van der Waals surface area contributed by atoms with Crippen LogP contribution >= 0.6 is 0 Å². The predicted octanol–water partition coefficient (Wildman–Crippen LogP) is 2.53. The van der Waals surface area contributed by atoms with E-state index < -0.39 is 5.60 Å². The molecule has 70 valence electrons. The summed E-state index contributed by atoms with van der Waals surface area (Å²) in [4.78, 5) is 0.